The van der Waals surface area contributed by atoms with Gasteiger partial charge in [0.15, 0.2) is 0 Å². The maximum atomic E-state index is 6.43. The molecule has 112 valence electrons. The second kappa shape index (κ2) is 7.84. The van der Waals surface area contributed by atoms with Gasteiger partial charge in [-0.2, -0.15) is 0 Å². The van der Waals surface area contributed by atoms with Crippen LogP contribution in [0.5, 0.6) is 0 Å². The third-order valence-electron chi connectivity index (χ3n) is 3.67. The van der Waals surface area contributed by atoms with Crippen LogP contribution in [-0.2, 0) is 6.54 Å². The van der Waals surface area contributed by atoms with Crippen molar-refractivity contribution in [2.75, 3.05) is 24.5 Å². The average Bonchev–Trinajstić information content (AvgIpc) is 2.67. The van der Waals surface area contributed by atoms with Crippen molar-refractivity contribution in [1.82, 2.24) is 10.3 Å². The molecule has 0 spiro atoms. The van der Waals surface area contributed by atoms with Gasteiger partial charge in [0.05, 0.1) is 5.02 Å². The first-order valence-electron chi connectivity index (χ1n) is 7.77. The molecular weight excluding hydrogens is 270 g/mol. The summed E-state index contributed by atoms with van der Waals surface area (Å²) < 4.78 is 0. The summed E-state index contributed by atoms with van der Waals surface area (Å²) in [7, 11) is 0. The third kappa shape index (κ3) is 4.64. The molecule has 0 amide bonds. The molecule has 1 aromatic rings. The van der Waals surface area contributed by atoms with Gasteiger partial charge in [0.2, 0.25) is 0 Å². The van der Waals surface area contributed by atoms with Crippen LogP contribution in [0.4, 0.5) is 5.82 Å². The largest absolute Gasteiger partial charge is 0.355 e. The van der Waals surface area contributed by atoms with E-state index in [2.05, 4.69) is 35.1 Å². The lowest BCUT2D eigenvalue weighted by Gasteiger charge is -2.22. The van der Waals surface area contributed by atoms with Gasteiger partial charge in [0, 0.05) is 25.8 Å². The van der Waals surface area contributed by atoms with Gasteiger partial charge in [0.1, 0.15) is 5.82 Å². The zero-order valence-electron chi connectivity index (χ0n) is 12.7. The zero-order valence-corrected chi connectivity index (χ0v) is 13.4. The van der Waals surface area contributed by atoms with E-state index in [9.17, 15) is 0 Å². The number of halogens is 1. The van der Waals surface area contributed by atoms with Crippen LogP contribution in [0.1, 0.15) is 45.1 Å². The van der Waals surface area contributed by atoms with Gasteiger partial charge in [-0.1, -0.05) is 38.3 Å². The summed E-state index contributed by atoms with van der Waals surface area (Å²) in [6.45, 7) is 8.44. The monoisotopic (exact) mass is 295 g/mol. The van der Waals surface area contributed by atoms with Gasteiger partial charge in [-0.25, -0.2) is 4.98 Å². The third-order valence-corrected chi connectivity index (χ3v) is 3.94. The minimum absolute atomic E-state index is 0.662. The van der Waals surface area contributed by atoms with E-state index >= 15 is 0 Å². The summed E-state index contributed by atoms with van der Waals surface area (Å²) in [5, 5.41) is 4.21. The maximum absolute atomic E-state index is 6.43. The van der Waals surface area contributed by atoms with Crippen molar-refractivity contribution < 1.29 is 0 Å². The first-order valence-corrected chi connectivity index (χ1v) is 8.14. The molecule has 0 unspecified atom stereocenters. The van der Waals surface area contributed by atoms with Gasteiger partial charge < -0.3 is 10.2 Å². The van der Waals surface area contributed by atoms with Gasteiger partial charge >= 0.3 is 0 Å². The minimum atomic E-state index is 0.662. The molecule has 2 heterocycles. The molecule has 2 rings (SSSR count). The Balaban J connectivity index is 1.97. The first kappa shape index (κ1) is 15.6. The number of hydrogen-bond donors (Lipinski definition) is 1. The Kier molecular flexibility index (Phi) is 6.11. The predicted octanol–water partition coefficient (Wildman–Crippen LogP) is 3.86. The van der Waals surface area contributed by atoms with Crippen LogP contribution in [0.15, 0.2) is 12.3 Å². The highest BCUT2D eigenvalue weighted by Crippen LogP contribution is 2.26. The zero-order chi connectivity index (χ0) is 14.4. The molecule has 3 nitrogen and oxygen atoms in total. The lowest BCUT2D eigenvalue weighted by Crippen LogP contribution is -2.25. The summed E-state index contributed by atoms with van der Waals surface area (Å²) in [6.07, 6.45) is 7.10. The number of nitrogens with zero attached hydrogens (tertiary/aromatic N) is 2. The summed E-state index contributed by atoms with van der Waals surface area (Å²) in [4.78, 5) is 6.93. The highest BCUT2D eigenvalue weighted by atomic mass is 35.5. The predicted molar refractivity (Wildman–Crippen MR) is 86.5 cm³/mol. The van der Waals surface area contributed by atoms with Crippen molar-refractivity contribution in [3.05, 3.63) is 22.8 Å². The van der Waals surface area contributed by atoms with E-state index in [0.29, 0.717) is 5.92 Å². The molecule has 0 bridgehead atoms. The Morgan fingerprint density at radius 2 is 1.95 bits per heavy atom. The molecule has 0 aliphatic carbocycles. The van der Waals surface area contributed by atoms with Gasteiger partial charge in [-0.05, 0) is 36.9 Å². The normalized spacial score (nSPS) is 16.5. The van der Waals surface area contributed by atoms with Crippen molar-refractivity contribution in [3.63, 3.8) is 0 Å². The standard InChI is InChI=1S/C16H26ClN3/c1-13(2)10-18-11-14-9-15(17)16(19-12-14)20-7-5-3-4-6-8-20/h9,12-13,18H,3-8,10-11H2,1-2H3. The number of aromatic nitrogens is 1. The fraction of sp³-hybridized carbons (Fsp3) is 0.688. The second-order valence-corrected chi connectivity index (χ2v) is 6.48. The highest BCUT2D eigenvalue weighted by molar-refractivity contribution is 6.33. The number of nitrogens with one attached hydrogen (secondary N) is 1. The molecule has 1 aliphatic rings. The van der Waals surface area contributed by atoms with Crippen LogP contribution in [-0.4, -0.2) is 24.6 Å². The maximum Gasteiger partial charge on any atom is 0.147 e. The van der Waals surface area contributed by atoms with Crippen molar-refractivity contribution >= 4 is 17.4 Å². The molecule has 1 aromatic heterocycles. The van der Waals surface area contributed by atoms with E-state index in [1.54, 1.807) is 0 Å². The molecule has 1 N–H and O–H groups in total. The van der Waals surface area contributed by atoms with Gasteiger partial charge in [-0.15, -0.1) is 0 Å². The fourth-order valence-electron chi connectivity index (χ4n) is 2.59. The van der Waals surface area contributed by atoms with E-state index in [1.165, 1.54) is 25.7 Å². The Bertz CT molecular complexity index is 412. The smallest absolute Gasteiger partial charge is 0.147 e. The highest BCUT2D eigenvalue weighted by Gasteiger charge is 2.14. The number of pyridine rings is 1. The average molecular weight is 296 g/mol. The lowest BCUT2D eigenvalue weighted by molar-refractivity contribution is 0.552. The summed E-state index contributed by atoms with van der Waals surface area (Å²) >= 11 is 6.43. The van der Waals surface area contributed by atoms with Crippen LogP contribution in [0.3, 0.4) is 0 Å². The summed E-state index contributed by atoms with van der Waals surface area (Å²) in [5.41, 5.74) is 1.16. The summed E-state index contributed by atoms with van der Waals surface area (Å²) in [6, 6.07) is 2.06. The molecule has 0 atom stereocenters. The van der Waals surface area contributed by atoms with Crippen LogP contribution < -0.4 is 10.2 Å². The Labute approximate surface area is 127 Å². The first-order chi connectivity index (χ1) is 9.66. The molecule has 0 saturated carbocycles. The molecule has 0 radical (unpaired) electrons. The molecule has 4 heteroatoms. The van der Waals surface area contributed by atoms with Gasteiger partial charge in [0.25, 0.3) is 0 Å². The Hall–Kier alpha value is -0.800. The summed E-state index contributed by atoms with van der Waals surface area (Å²) in [5.74, 6) is 1.62. The lowest BCUT2D eigenvalue weighted by atomic mass is 10.2. The molecule has 1 saturated heterocycles. The van der Waals surface area contributed by atoms with Crippen molar-refractivity contribution in [2.45, 2.75) is 46.1 Å². The van der Waals surface area contributed by atoms with Crippen LogP contribution in [0.25, 0.3) is 0 Å². The number of rotatable bonds is 5. The van der Waals surface area contributed by atoms with Crippen LogP contribution in [0.2, 0.25) is 5.02 Å². The molecule has 1 aliphatic heterocycles. The molecule has 20 heavy (non-hydrogen) atoms. The minimum Gasteiger partial charge on any atom is -0.355 e. The van der Waals surface area contributed by atoms with Crippen molar-refractivity contribution in [2.24, 2.45) is 5.92 Å². The van der Waals surface area contributed by atoms with E-state index in [1.807, 2.05) is 6.20 Å². The Morgan fingerprint density at radius 1 is 1.25 bits per heavy atom. The molecule has 0 aromatic carbocycles. The van der Waals surface area contributed by atoms with Crippen LogP contribution in [0, 0.1) is 5.92 Å². The van der Waals surface area contributed by atoms with Crippen molar-refractivity contribution in [3.8, 4) is 0 Å². The molecule has 1 fully saturated rings. The SMILES string of the molecule is CC(C)CNCc1cnc(N2CCCCCC2)c(Cl)c1. The van der Waals surface area contributed by atoms with Crippen LogP contribution >= 0.6 is 11.6 Å². The quantitative estimate of drug-likeness (QED) is 0.894. The Morgan fingerprint density at radius 3 is 2.55 bits per heavy atom. The van der Waals surface area contributed by atoms with E-state index in [0.717, 1.165) is 42.6 Å². The molecular formula is C16H26ClN3. The number of anilines is 1. The van der Waals surface area contributed by atoms with E-state index < -0.39 is 0 Å². The van der Waals surface area contributed by atoms with E-state index in [-0.39, 0.29) is 0 Å². The van der Waals surface area contributed by atoms with Gasteiger partial charge in [-0.3, -0.25) is 0 Å². The fourth-order valence-corrected chi connectivity index (χ4v) is 2.90. The van der Waals surface area contributed by atoms with Crippen molar-refractivity contribution in [1.29, 1.82) is 0 Å². The number of hydrogen-bond acceptors (Lipinski definition) is 3. The second-order valence-electron chi connectivity index (χ2n) is 6.08. The topological polar surface area (TPSA) is 28.2 Å². The van der Waals surface area contributed by atoms with E-state index in [4.69, 9.17) is 11.6 Å².